The first-order chi connectivity index (χ1) is 6.60. The first-order valence-corrected chi connectivity index (χ1v) is 4.31. The number of aromatic nitrogens is 1. The third-order valence-electron chi connectivity index (χ3n) is 1.68. The number of methoxy groups -OCH3 is 1. The summed E-state index contributed by atoms with van der Waals surface area (Å²) in [7, 11) is 1.28. The molecule has 0 fully saturated rings. The molecule has 14 heavy (non-hydrogen) atoms. The SMILES string of the molecule is COc1cc(N)c(CCl)nc1C(F)F. The van der Waals surface area contributed by atoms with Crippen LogP contribution < -0.4 is 10.5 Å². The van der Waals surface area contributed by atoms with Gasteiger partial charge in [0.15, 0.2) is 0 Å². The summed E-state index contributed by atoms with van der Waals surface area (Å²) in [5.74, 6) is -0.0263. The molecule has 1 aromatic heterocycles. The smallest absolute Gasteiger partial charge is 0.284 e. The fourth-order valence-electron chi connectivity index (χ4n) is 0.990. The summed E-state index contributed by atoms with van der Waals surface area (Å²) in [5.41, 5.74) is 5.56. The van der Waals surface area contributed by atoms with E-state index >= 15 is 0 Å². The van der Waals surface area contributed by atoms with E-state index < -0.39 is 12.1 Å². The van der Waals surface area contributed by atoms with Gasteiger partial charge in [-0.2, -0.15) is 0 Å². The van der Waals surface area contributed by atoms with Crippen LogP contribution in [0.5, 0.6) is 5.75 Å². The highest BCUT2D eigenvalue weighted by Crippen LogP contribution is 2.30. The first kappa shape index (κ1) is 11.0. The van der Waals surface area contributed by atoms with Crippen LogP contribution in [0.3, 0.4) is 0 Å². The van der Waals surface area contributed by atoms with E-state index in [1.165, 1.54) is 13.2 Å². The number of rotatable bonds is 3. The largest absolute Gasteiger partial charge is 0.495 e. The van der Waals surface area contributed by atoms with E-state index in [0.717, 1.165) is 0 Å². The summed E-state index contributed by atoms with van der Waals surface area (Å²) in [6, 6.07) is 1.30. The average molecular weight is 223 g/mol. The molecule has 0 aliphatic rings. The van der Waals surface area contributed by atoms with Crippen molar-refractivity contribution in [1.82, 2.24) is 4.98 Å². The van der Waals surface area contributed by atoms with Crippen LogP contribution in [-0.4, -0.2) is 12.1 Å². The molecule has 0 aromatic carbocycles. The lowest BCUT2D eigenvalue weighted by Crippen LogP contribution is -2.03. The normalized spacial score (nSPS) is 10.6. The van der Waals surface area contributed by atoms with Crippen molar-refractivity contribution in [3.05, 3.63) is 17.5 Å². The second kappa shape index (κ2) is 4.41. The average Bonchev–Trinajstić information content (AvgIpc) is 2.16. The van der Waals surface area contributed by atoms with Crippen molar-refractivity contribution >= 4 is 17.3 Å². The Kier molecular flexibility index (Phi) is 3.46. The van der Waals surface area contributed by atoms with E-state index in [0.29, 0.717) is 0 Å². The van der Waals surface area contributed by atoms with Gasteiger partial charge in [-0.25, -0.2) is 13.8 Å². The maximum atomic E-state index is 12.4. The van der Waals surface area contributed by atoms with Crippen molar-refractivity contribution in [1.29, 1.82) is 0 Å². The van der Waals surface area contributed by atoms with Gasteiger partial charge in [0.1, 0.15) is 11.4 Å². The maximum Gasteiger partial charge on any atom is 0.284 e. The fraction of sp³-hybridized carbons (Fsp3) is 0.375. The van der Waals surface area contributed by atoms with Crippen LogP contribution in [0.1, 0.15) is 17.8 Å². The van der Waals surface area contributed by atoms with Crippen LogP contribution in [-0.2, 0) is 5.88 Å². The molecule has 3 nitrogen and oxygen atoms in total. The topological polar surface area (TPSA) is 48.1 Å². The quantitative estimate of drug-likeness (QED) is 0.799. The number of ether oxygens (including phenoxy) is 1. The van der Waals surface area contributed by atoms with Crippen molar-refractivity contribution in [2.24, 2.45) is 0 Å². The van der Waals surface area contributed by atoms with Gasteiger partial charge in [-0.1, -0.05) is 0 Å². The highest BCUT2D eigenvalue weighted by Gasteiger charge is 2.18. The summed E-state index contributed by atoms with van der Waals surface area (Å²) >= 11 is 5.48. The number of nitrogen functional groups attached to an aromatic ring is 1. The summed E-state index contributed by atoms with van der Waals surface area (Å²) in [6.07, 6.45) is -2.70. The van der Waals surface area contributed by atoms with Gasteiger partial charge in [0.25, 0.3) is 6.43 Å². The lowest BCUT2D eigenvalue weighted by atomic mass is 10.2. The van der Waals surface area contributed by atoms with Crippen molar-refractivity contribution in [3.8, 4) is 5.75 Å². The zero-order valence-corrected chi connectivity index (χ0v) is 8.18. The van der Waals surface area contributed by atoms with Crippen LogP contribution in [0.25, 0.3) is 0 Å². The first-order valence-electron chi connectivity index (χ1n) is 3.77. The van der Waals surface area contributed by atoms with Gasteiger partial charge < -0.3 is 10.5 Å². The van der Waals surface area contributed by atoms with Crippen molar-refractivity contribution in [3.63, 3.8) is 0 Å². The lowest BCUT2D eigenvalue weighted by Gasteiger charge is -2.10. The second-order valence-corrected chi connectivity index (χ2v) is 2.81. The molecule has 0 unspecified atom stereocenters. The van der Waals surface area contributed by atoms with Crippen LogP contribution in [0, 0.1) is 0 Å². The molecule has 78 valence electrons. The number of nitrogens with zero attached hydrogens (tertiary/aromatic N) is 1. The Labute approximate surface area is 84.8 Å². The summed E-state index contributed by atoms with van der Waals surface area (Å²) < 4.78 is 29.6. The van der Waals surface area contributed by atoms with Gasteiger partial charge in [-0.05, 0) is 0 Å². The molecule has 0 saturated carbocycles. The van der Waals surface area contributed by atoms with E-state index in [-0.39, 0.29) is 23.0 Å². The van der Waals surface area contributed by atoms with Gasteiger partial charge >= 0.3 is 0 Å². The number of halogens is 3. The maximum absolute atomic E-state index is 12.4. The molecular weight excluding hydrogens is 214 g/mol. The van der Waals surface area contributed by atoms with Crippen LogP contribution in [0.15, 0.2) is 6.07 Å². The molecule has 0 aliphatic heterocycles. The number of hydrogen-bond acceptors (Lipinski definition) is 3. The van der Waals surface area contributed by atoms with E-state index in [9.17, 15) is 8.78 Å². The van der Waals surface area contributed by atoms with Crippen molar-refractivity contribution < 1.29 is 13.5 Å². The molecule has 0 radical (unpaired) electrons. The predicted octanol–water partition coefficient (Wildman–Crippen LogP) is 2.35. The Morgan fingerprint density at radius 2 is 2.29 bits per heavy atom. The molecule has 0 amide bonds. The van der Waals surface area contributed by atoms with Crippen molar-refractivity contribution in [2.75, 3.05) is 12.8 Å². The summed E-state index contributed by atoms with van der Waals surface area (Å²) in [6.45, 7) is 0. The van der Waals surface area contributed by atoms with Crippen molar-refractivity contribution in [2.45, 2.75) is 12.3 Å². The molecule has 0 spiro atoms. The number of nitrogens with two attached hydrogens (primary N) is 1. The Bertz CT molecular complexity index is 333. The Morgan fingerprint density at radius 3 is 2.71 bits per heavy atom. The minimum absolute atomic E-state index is 0.00442. The number of pyridine rings is 1. The van der Waals surface area contributed by atoms with Gasteiger partial charge in [0.05, 0.1) is 24.4 Å². The van der Waals surface area contributed by atoms with Crippen LogP contribution in [0.4, 0.5) is 14.5 Å². The molecule has 6 heteroatoms. The Hall–Kier alpha value is -1.10. The molecule has 0 aliphatic carbocycles. The summed E-state index contributed by atoms with van der Waals surface area (Å²) in [4.78, 5) is 3.63. The van der Waals surface area contributed by atoms with Crippen LogP contribution in [0.2, 0.25) is 0 Å². The molecule has 2 N–H and O–H groups in total. The number of alkyl halides is 3. The molecule has 1 aromatic rings. The van der Waals surface area contributed by atoms with Gasteiger partial charge in [-0.15, -0.1) is 11.6 Å². The van der Waals surface area contributed by atoms with E-state index in [4.69, 9.17) is 22.1 Å². The third-order valence-corrected chi connectivity index (χ3v) is 1.93. The fourth-order valence-corrected chi connectivity index (χ4v) is 1.20. The minimum Gasteiger partial charge on any atom is -0.495 e. The molecule has 0 bridgehead atoms. The Balaban J connectivity index is 3.25. The van der Waals surface area contributed by atoms with Gasteiger partial charge in [-0.3, -0.25) is 0 Å². The third kappa shape index (κ3) is 2.04. The van der Waals surface area contributed by atoms with E-state index in [2.05, 4.69) is 4.98 Å². The predicted molar refractivity (Wildman–Crippen MR) is 49.7 cm³/mol. The minimum atomic E-state index is -2.70. The summed E-state index contributed by atoms with van der Waals surface area (Å²) in [5, 5.41) is 0. The molecule has 0 atom stereocenters. The van der Waals surface area contributed by atoms with E-state index in [1.54, 1.807) is 0 Å². The monoisotopic (exact) mass is 222 g/mol. The lowest BCUT2D eigenvalue weighted by molar-refractivity contribution is 0.141. The molecular formula is C8H9ClF2N2O. The van der Waals surface area contributed by atoms with Crippen LogP contribution >= 0.6 is 11.6 Å². The molecule has 0 saturated heterocycles. The zero-order chi connectivity index (χ0) is 10.7. The zero-order valence-electron chi connectivity index (χ0n) is 7.43. The van der Waals surface area contributed by atoms with E-state index in [1.807, 2.05) is 0 Å². The number of hydrogen-bond donors (Lipinski definition) is 1. The Morgan fingerprint density at radius 1 is 1.64 bits per heavy atom. The molecule has 1 heterocycles. The second-order valence-electron chi connectivity index (χ2n) is 2.55. The standard InChI is InChI=1S/C8H9ClF2N2O/c1-14-6-2-4(12)5(3-9)13-7(6)8(10)11/h2,8H,3,12H2,1H3. The van der Waals surface area contributed by atoms with Gasteiger partial charge in [0.2, 0.25) is 0 Å². The highest BCUT2D eigenvalue weighted by atomic mass is 35.5. The highest BCUT2D eigenvalue weighted by molar-refractivity contribution is 6.17. The van der Waals surface area contributed by atoms with Gasteiger partial charge in [0, 0.05) is 6.07 Å². The number of anilines is 1. The molecule has 1 rings (SSSR count).